The molecule has 1 aromatic rings. The second-order valence-electron chi connectivity index (χ2n) is 5.98. The van der Waals surface area contributed by atoms with Crippen LogP contribution in [0.1, 0.15) is 52.3 Å². The molecule has 1 amide bonds. The zero-order valence-electron chi connectivity index (χ0n) is 13.1. The number of oxazole rings is 1. The van der Waals surface area contributed by atoms with E-state index < -0.39 is 11.7 Å². The summed E-state index contributed by atoms with van der Waals surface area (Å²) in [6.07, 6.45) is 1.28. The third-order valence-corrected chi connectivity index (χ3v) is 2.50. The number of aryl methyl sites for hydroxylation is 1. The topological polar surface area (TPSA) is 76.4 Å². The third-order valence-electron chi connectivity index (χ3n) is 2.50. The second kappa shape index (κ2) is 6.74. The predicted molar refractivity (Wildman–Crippen MR) is 76.5 cm³/mol. The Balaban J connectivity index is 2.33. The number of hydrogen-bond donors (Lipinski definition) is 2. The molecule has 2 unspecified atom stereocenters. The first-order valence-electron chi connectivity index (χ1n) is 6.82. The highest BCUT2D eigenvalue weighted by molar-refractivity contribution is 5.67. The molecule has 6 heteroatoms. The first-order chi connectivity index (χ1) is 9.17. The Morgan fingerprint density at radius 2 is 2.10 bits per heavy atom. The molecular formula is C14H25N3O3. The molecule has 1 aromatic heterocycles. The van der Waals surface area contributed by atoms with Gasteiger partial charge in [0.15, 0.2) is 0 Å². The van der Waals surface area contributed by atoms with Gasteiger partial charge in [-0.05, 0) is 41.5 Å². The fourth-order valence-electron chi connectivity index (χ4n) is 1.68. The Morgan fingerprint density at radius 1 is 1.45 bits per heavy atom. The molecule has 1 rings (SSSR count). The lowest BCUT2D eigenvalue weighted by Crippen LogP contribution is -2.42. The van der Waals surface area contributed by atoms with E-state index >= 15 is 0 Å². The molecule has 0 bridgehead atoms. The van der Waals surface area contributed by atoms with E-state index in [1.165, 1.54) is 0 Å². The van der Waals surface area contributed by atoms with E-state index in [4.69, 9.17) is 9.15 Å². The van der Waals surface area contributed by atoms with Crippen LogP contribution in [0.3, 0.4) is 0 Å². The van der Waals surface area contributed by atoms with Gasteiger partial charge in [0.25, 0.3) is 0 Å². The van der Waals surface area contributed by atoms with Crippen LogP contribution in [0.25, 0.3) is 0 Å². The highest BCUT2D eigenvalue weighted by Crippen LogP contribution is 2.12. The number of carbonyl (C=O) groups is 1. The van der Waals surface area contributed by atoms with E-state index in [1.807, 2.05) is 41.5 Å². The molecule has 0 spiro atoms. The number of amides is 1. The summed E-state index contributed by atoms with van der Waals surface area (Å²) in [7, 11) is 0. The van der Waals surface area contributed by atoms with Gasteiger partial charge in [0.1, 0.15) is 11.4 Å². The minimum atomic E-state index is -0.482. The lowest BCUT2D eigenvalue weighted by atomic mass is 10.2. The molecule has 2 N–H and O–H groups in total. The molecular weight excluding hydrogens is 258 g/mol. The van der Waals surface area contributed by atoms with Crippen molar-refractivity contribution in [1.82, 2.24) is 15.6 Å². The number of hydrogen-bond acceptors (Lipinski definition) is 5. The molecule has 0 saturated carbocycles. The SMILES string of the molecule is Cc1cnc(C(C)NC(C)CNC(=O)OC(C)(C)C)o1. The van der Waals surface area contributed by atoms with E-state index in [-0.39, 0.29) is 12.1 Å². The number of rotatable bonds is 5. The van der Waals surface area contributed by atoms with Crippen molar-refractivity contribution in [1.29, 1.82) is 0 Å². The van der Waals surface area contributed by atoms with Gasteiger partial charge in [-0.25, -0.2) is 9.78 Å². The monoisotopic (exact) mass is 283 g/mol. The summed E-state index contributed by atoms with van der Waals surface area (Å²) in [6.45, 7) is 11.8. The van der Waals surface area contributed by atoms with Gasteiger partial charge < -0.3 is 19.8 Å². The van der Waals surface area contributed by atoms with E-state index in [0.29, 0.717) is 12.4 Å². The highest BCUT2D eigenvalue weighted by Gasteiger charge is 2.18. The maximum Gasteiger partial charge on any atom is 0.407 e. The molecule has 2 atom stereocenters. The summed E-state index contributed by atoms with van der Waals surface area (Å²) in [5, 5.41) is 6.03. The lowest BCUT2D eigenvalue weighted by Gasteiger charge is -2.22. The number of aromatic nitrogens is 1. The third kappa shape index (κ3) is 6.06. The van der Waals surface area contributed by atoms with Crippen molar-refractivity contribution in [2.75, 3.05) is 6.54 Å². The van der Waals surface area contributed by atoms with Crippen LogP contribution in [0, 0.1) is 6.92 Å². The molecule has 6 nitrogen and oxygen atoms in total. The van der Waals surface area contributed by atoms with Crippen LogP contribution in [0.5, 0.6) is 0 Å². The van der Waals surface area contributed by atoms with Gasteiger partial charge in [0.05, 0.1) is 12.2 Å². The van der Waals surface area contributed by atoms with Crippen molar-refractivity contribution in [3.05, 3.63) is 17.8 Å². The largest absolute Gasteiger partial charge is 0.444 e. The fraction of sp³-hybridized carbons (Fsp3) is 0.714. The number of ether oxygens (including phenoxy) is 1. The van der Waals surface area contributed by atoms with Crippen molar-refractivity contribution in [2.24, 2.45) is 0 Å². The van der Waals surface area contributed by atoms with Crippen molar-refractivity contribution in [3.8, 4) is 0 Å². The average molecular weight is 283 g/mol. The zero-order valence-corrected chi connectivity index (χ0v) is 13.1. The Bertz CT molecular complexity index is 437. The Labute approximate surface area is 120 Å². The van der Waals surface area contributed by atoms with Crippen LogP contribution >= 0.6 is 0 Å². The van der Waals surface area contributed by atoms with Crippen molar-refractivity contribution in [2.45, 2.75) is 59.2 Å². The van der Waals surface area contributed by atoms with Crippen molar-refractivity contribution < 1.29 is 13.9 Å². The van der Waals surface area contributed by atoms with Crippen LogP contribution < -0.4 is 10.6 Å². The van der Waals surface area contributed by atoms with Crippen LogP contribution in [-0.4, -0.2) is 29.3 Å². The van der Waals surface area contributed by atoms with E-state index in [1.54, 1.807) is 6.20 Å². The van der Waals surface area contributed by atoms with Crippen LogP contribution in [0.4, 0.5) is 4.79 Å². The molecule has 20 heavy (non-hydrogen) atoms. The van der Waals surface area contributed by atoms with Gasteiger partial charge in [0.2, 0.25) is 5.89 Å². The lowest BCUT2D eigenvalue weighted by molar-refractivity contribution is 0.0522. The van der Waals surface area contributed by atoms with Crippen molar-refractivity contribution in [3.63, 3.8) is 0 Å². The Morgan fingerprint density at radius 3 is 2.60 bits per heavy atom. The molecule has 0 aromatic carbocycles. The minimum absolute atomic E-state index is 0.0147. The van der Waals surface area contributed by atoms with Gasteiger partial charge in [-0.2, -0.15) is 0 Å². The maximum atomic E-state index is 11.5. The molecule has 0 radical (unpaired) electrons. The summed E-state index contributed by atoms with van der Waals surface area (Å²) in [5.74, 6) is 1.43. The summed E-state index contributed by atoms with van der Waals surface area (Å²) in [6, 6.07) is 0.0591. The zero-order chi connectivity index (χ0) is 15.3. The molecule has 0 saturated heterocycles. The van der Waals surface area contributed by atoms with Crippen LogP contribution in [-0.2, 0) is 4.74 Å². The molecule has 0 fully saturated rings. The molecule has 0 aliphatic carbocycles. The fourth-order valence-corrected chi connectivity index (χ4v) is 1.68. The van der Waals surface area contributed by atoms with Crippen molar-refractivity contribution >= 4 is 6.09 Å². The van der Waals surface area contributed by atoms with E-state index in [2.05, 4.69) is 15.6 Å². The Hall–Kier alpha value is -1.56. The number of alkyl carbamates (subject to hydrolysis) is 1. The van der Waals surface area contributed by atoms with Gasteiger partial charge in [-0.3, -0.25) is 0 Å². The summed E-state index contributed by atoms with van der Waals surface area (Å²) >= 11 is 0. The number of nitrogens with zero attached hydrogens (tertiary/aromatic N) is 1. The van der Waals surface area contributed by atoms with Gasteiger partial charge in [-0.15, -0.1) is 0 Å². The first-order valence-corrected chi connectivity index (χ1v) is 6.82. The number of carbonyl (C=O) groups excluding carboxylic acids is 1. The Kier molecular flexibility index (Phi) is 5.56. The smallest absolute Gasteiger partial charge is 0.407 e. The normalized spacial score (nSPS) is 14.7. The molecule has 0 aliphatic rings. The van der Waals surface area contributed by atoms with Gasteiger partial charge in [0, 0.05) is 12.6 Å². The van der Waals surface area contributed by atoms with Gasteiger partial charge in [-0.1, -0.05) is 0 Å². The molecule has 1 heterocycles. The van der Waals surface area contributed by atoms with E-state index in [0.717, 1.165) is 5.76 Å². The molecule has 114 valence electrons. The maximum absolute atomic E-state index is 11.5. The quantitative estimate of drug-likeness (QED) is 0.868. The van der Waals surface area contributed by atoms with Gasteiger partial charge >= 0.3 is 6.09 Å². The predicted octanol–water partition coefficient (Wildman–Crippen LogP) is 2.55. The summed E-state index contributed by atoms with van der Waals surface area (Å²) in [5.41, 5.74) is -0.482. The summed E-state index contributed by atoms with van der Waals surface area (Å²) in [4.78, 5) is 15.7. The number of nitrogens with one attached hydrogen (secondary N) is 2. The van der Waals surface area contributed by atoms with Crippen LogP contribution in [0.2, 0.25) is 0 Å². The summed E-state index contributed by atoms with van der Waals surface area (Å²) < 4.78 is 10.6. The standard InChI is InChI=1S/C14H25N3O3/c1-9(7-16-13(18)20-14(4,5)6)17-11(3)12-15-8-10(2)19-12/h8-9,11,17H,7H2,1-6H3,(H,16,18). The first kappa shape index (κ1) is 16.5. The minimum Gasteiger partial charge on any atom is -0.444 e. The highest BCUT2D eigenvalue weighted by atomic mass is 16.6. The van der Waals surface area contributed by atoms with E-state index in [9.17, 15) is 4.79 Å². The van der Waals surface area contributed by atoms with Crippen LogP contribution in [0.15, 0.2) is 10.6 Å². The molecule has 0 aliphatic heterocycles. The second-order valence-corrected chi connectivity index (χ2v) is 5.98. The average Bonchev–Trinajstić information content (AvgIpc) is 2.71.